The third kappa shape index (κ3) is 4.63. The summed E-state index contributed by atoms with van der Waals surface area (Å²) in [5.74, 6) is 0.376. The van der Waals surface area contributed by atoms with Crippen molar-refractivity contribution in [2.24, 2.45) is 0 Å². The van der Waals surface area contributed by atoms with Crippen LogP contribution >= 0.6 is 0 Å². The Hall–Kier alpha value is -3.73. The van der Waals surface area contributed by atoms with Crippen LogP contribution in [-0.2, 0) is 11.2 Å². The molecule has 0 radical (unpaired) electrons. The maximum atomic E-state index is 13.9. The van der Waals surface area contributed by atoms with Crippen LogP contribution < -0.4 is 5.56 Å². The van der Waals surface area contributed by atoms with Crippen LogP contribution in [0.4, 0.5) is 0 Å². The molecule has 1 amide bonds. The van der Waals surface area contributed by atoms with E-state index in [1.807, 2.05) is 105 Å². The van der Waals surface area contributed by atoms with E-state index in [4.69, 9.17) is 4.98 Å². The van der Waals surface area contributed by atoms with Gasteiger partial charge >= 0.3 is 0 Å². The minimum absolute atomic E-state index is 0.0476. The van der Waals surface area contributed by atoms with E-state index in [0.717, 1.165) is 23.2 Å². The summed E-state index contributed by atoms with van der Waals surface area (Å²) in [6, 6.07) is 24.9. The number of para-hydroxylation sites is 2. The van der Waals surface area contributed by atoms with E-state index in [2.05, 4.69) is 6.92 Å². The first-order chi connectivity index (χ1) is 17.0. The van der Waals surface area contributed by atoms with Crippen molar-refractivity contribution in [1.82, 2.24) is 14.5 Å². The molecule has 5 nitrogen and oxygen atoms in total. The number of nitrogens with zero attached hydrogens (tertiary/aromatic N) is 3. The maximum absolute atomic E-state index is 13.9. The van der Waals surface area contributed by atoms with Gasteiger partial charge < -0.3 is 4.90 Å². The van der Waals surface area contributed by atoms with Crippen LogP contribution in [0, 0.1) is 0 Å². The summed E-state index contributed by atoms with van der Waals surface area (Å²) in [6.07, 6.45) is 1.48. The molecular weight excluding hydrogens is 434 g/mol. The first kappa shape index (κ1) is 24.4. The van der Waals surface area contributed by atoms with Crippen LogP contribution in [0.2, 0.25) is 0 Å². The highest BCUT2D eigenvalue weighted by Crippen LogP contribution is 2.29. The summed E-state index contributed by atoms with van der Waals surface area (Å²) >= 11 is 0. The average molecular weight is 468 g/mol. The van der Waals surface area contributed by atoms with Gasteiger partial charge in [-0.3, -0.25) is 14.2 Å². The van der Waals surface area contributed by atoms with Crippen LogP contribution in [0.3, 0.4) is 0 Å². The van der Waals surface area contributed by atoms with Gasteiger partial charge in [-0.15, -0.1) is 0 Å². The zero-order valence-electron chi connectivity index (χ0n) is 20.9. The fourth-order valence-electron chi connectivity index (χ4n) is 4.89. The molecule has 0 aliphatic rings. The topological polar surface area (TPSA) is 55.2 Å². The lowest BCUT2D eigenvalue weighted by molar-refractivity contribution is -0.135. The molecule has 0 N–H and O–H groups in total. The van der Waals surface area contributed by atoms with Crippen LogP contribution in [0.5, 0.6) is 0 Å². The normalized spacial score (nSPS) is 12.9. The minimum atomic E-state index is -0.396. The number of amides is 1. The van der Waals surface area contributed by atoms with E-state index in [-0.39, 0.29) is 17.4 Å². The summed E-state index contributed by atoms with van der Waals surface area (Å²) in [7, 11) is 0. The Balaban J connectivity index is 1.89. The van der Waals surface area contributed by atoms with Gasteiger partial charge in [-0.1, -0.05) is 74.5 Å². The van der Waals surface area contributed by atoms with Crippen molar-refractivity contribution < 1.29 is 4.79 Å². The number of fused-ring (bicyclic) bond motifs is 1. The van der Waals surface area contributed by atoms with Gasteiger partial charge in [0.2, 0.25) is 5.91 Å². The Kier molecular flexibility index (Phi) is 7.45. The summed E-state index contributed by atoms with van der Waals surface area (Å²) in [6.45, 7) is 8.59. The fraction of sp³-hybridized carbons (Fsp3) is 0.300. The molecule has 0 spiro atoms. The Morgan fingerprint density at radius 1 is 0.914 bits per heavy atom. The summed E-state index contributed by atoms with van der Waals surface area (Å²) < 4.78 is 1.71. The molecule has 2 unspecified atom stereocenters. The maximum Gasteiger partial charge on any atom is 0.266 e. The molecule has 5 heteroatoms. The Morgan fingerprint density at radius 3 is 2.26 bits per heavy atom. The lowest BCUT2D eigenvalue weighted by Crippen LogP contribution is -2.40. The van der Waals surface area contributed by atoms with Gasteiger partial charge in [0.05, 0.1) is 28.6 Å². The van der Waals surface area contributed by atoms with Crippen molar-refractivity contribution in [2.45, 2.75) is 52.5 Å². The molecule has 0 bridgehead atoms. The SMILES string of the molecule is CCc1ccccc1-n1c(C(C)N(CC)C(=O)C(CC)c2ccccc2)nc2ccccc2c1=O. The number of hydrogen-bond acceptors (Lipinski definition) is 3. The second-order valence-corrected chi connectivity index (χ2v) is 8.78. The number of rotatable bonds is 8. The second kappa shape index (κ2) is 10.7. The molecule has 180 valence electrons. The van der Waals surface area contributed by atoms with E-state index < -0.39 is 6.04 Å². The van der Waals surface area contributed by atoms with Gasteiger partial charge in [-0.25, -0.2) is 4.98 Å². The molecule has 1 aromatic heterocycles. The van der Waals surface area contributed by atoms with Crippen LogP contribution in [-0.4, -0.2) is 26.9 Å². The third-order valence-corrected chi connectivity index (χ3v) is 6.79. The first-order valence-corrected chi connectivity index (χ1v) is 12.5. The van der Waals surface area contributed by atoms with E-state index in [9.17, 15) is 9.59 Å². The standard InChI is InChI=1S/C30H33N3O2/c1-5-22-15-11-14-20-27(22)33-28(31-26-19-13-12-18-25(26)30(33)35)21(4)32(7-3)29(34)24(6-2)23-16-9-8-10-17-23/h8-21,24H,5-7H2,1-4H3. The van der Waals surface area contributed by atoms with Crippen molar-refractivity contribution in [3.63, 3.8) is 0 Å². The number of likely N-dealkylation sites (N-methyl/N-ethyl adjacent to an activating group) is 1. The number of aryl methyl sites for hydroxylation is 1. The Bertz CT molecular complexity index is 1380. The van der Waals surface area contributed by atoms with E-state index in [1.54, 1.807) is 4.57 Å². The lowest BCUT2D eigenvalue weighted by atomic mass is 9.94. The van der Waals surface area contributed by atoms with Gasteiger partial charge in [0, 0.05) is 6.54 Å². The highest BCUT2D eigenvalue weighted by atomic mass is 16.2. The van der Waals surface area contributed by atoms with E-state index in [0.29, 0.717) is 29.7 Å². The quantitative estimate of drug-likeness (QED) is 0.317. The highest BCUT2D eigenvalue weighted by molar-refractivity contribution is 5.84. The van der Waals surface area contributed by atoms with E-state index >= 15 is 0 Å². The van der Waals surface area contributed by atoms with Crippen molar-refractivity contribution >= 4 is 16.8 Å². The van der Waals surface area contributed by atoms with Gasteiger partial charge in [-0.2, -0.15) is 0 Å². The molecule has 2 atom stereocenters. The lowest BCUT2D eigenvalue weighted by Gasteiger charge is -2.32. The predicted molar refractivity (Wildman–Crippen MR) is 142 cm³/mol. The summed E-state index contributed by atoms with van der Waals surface area (Å²) in [4.78, 5) is 34.5. The zero-order chi connectivity index (χ0) is 24.9. The van der Waals surface area contributed by atoms with Crippen LogP contribution in [0.15, 0.2) is 83.7 Å². The Morgan fingerprint density at radius 2 is 1.57 bits per heavy atom. The molecular formula is C30H33N3O2. The second-order valence-electron chi connectivity index (χ2n) is 8.78. The third-order valence-electron chi connectivity index (χ3n) is 6.79. The van der Waals surface area contributed by atoms with Gasteiger partial charge in [0.1, 0.15) is 5.82 Å². The number of carbonyl (C=O) groups is 1. The van der Waals surface area contributed by atoms with Crippen LogP contribution in [0.25, 0.3) is 16.6 Å². The van der Waals surface area contributed by atoms with Crippen molar-refractivity contribution in [3.8, 4) is 5.69 Å². The molecule has 4 aromatic rings. The van der Waals surface area contributed by atoms with Crippen molar-refractivity contribution in [3.05, 3.63) is 106 Å². The monoisotopic (exact) mass is 467 g/mol. The zero-order valence-corrected chi connectivity index (χ0v) is 20.9. The molecule has 0 aliphatic heterocycles. The van der Waals surface area contributed by atoms with Crippen LogP contribution in [0.1, 0.15) is 63.0 Å². The van der Waals surface area contributed by atoms with Crippen molar-refractivity contribution in [1.29, 1.82) is 0 Å². The molecule has 35 heavy (non-hydrogen) atoms. The number of aromatic nitrogens is 2. The molecule has 4 rings (SSSR count). The molecule has 0 fully saturated rings. The highest BCUT2D eigenvalue weighted by Gasteiger charge is 2.30. The van der Waals surface area contributed by atoms with Crippen molar-refractivity contribution in [2.75, 3.05) is 6.54 Å². The minimum Gasteiger partial charge on any atom is -0.333 e. The number of carbonyl (C=O) groups excluding carboxylic acids is 1. The average Bonchev–Trinajstić information content (AvgIpc) is 2.90. The molecule has 0 saturated heterocycles. The van der Waals surface area contributed by atoms with Gasteiger partial charge in [0.15, 0.2) is 0 Å². The van der Waals surface area contributed by atoms with E-state index in [1.165, 1.54) is 0 Å². The molecule has 1 heterocycles. The largest absolute Gasteiger partial charge is 0.333 e. The first-order valence-electron chi connectivity index (χ1n) is 12.5. The molecule has 3 aromatic carbocycles. The summed E-state index contributed by atoms with van der Waals surface area (Å²) in [5, 5.41) is 0.569. The number of hydrogen-bond donors (Lipinski definition) is 0. The predicted octanol–water partition coefficient (Wildman–Crippen LogP) is 6.05. The summed E-state index contributed by atoms with van der Waals surface area (Å²) in [5.41, 5.74) is 3.41. The molecule has 0 aliphatic carbocycles. The fourth-order valence-corrected chi connectivity index (χ4v) is 4.89. The Labute approximate surface area is 207 Å². The molecule has 0 saturated carbocycles. The number of benzene rings is 3. The van der Waals surface area contributed by atoms with Gasteiger partial charge in [-0.05, 0) is 56.0 Å². The van der Waals surface area contributed by atoms with Gasteiger partial charge in [0.25, 0.3) is 5.56 Å². The smallest absolute Gasteiger partial charge is 0.266 e.